The molecule has 0 bridgehead atoms. The van der Waals surface area contributed by atoms with Crippen molar-refractivity contribution in [1.29, 1.82) is 0 Å². The van der Waals surface area contributed by atoms with Crippen LogP contribution >= 0.6 is 15.9 Å². The van der Waals surface area contributed by atoms with Crippen LogP contribution < -0.4 is 5.73 Å². The van der Waals surface area contributed by atoms with Crippen LogP contribution in [0.5, 0.6) is 0 Å². The zero-order valence-electron chi connectivity index (χ0n) is 11.0. The SMILES string of the molecule is Nc1cn(Cc2ccccc2Br)nc1-c1cncc(F)c1. The first-order chi connectivity index (χ1) is 10.1. The van der Waals surface area contributed by atoms with E-state index >= 15 is 0 Å². The van der Waals surface area contributed by atoms with Crippen LogP contribution in [0.4, 0.5) is 10.1 Å². The highest BCUT2D eigenvalue weighted by molar-refractivity contribution is 9.10. The summed E-state index contributed by atoms with van der Waals surface area (Å²) >= 11 is 3.50. The Labute approximate surface area is 129 Å². The zero-order chi connectivity index (χ0) is 14.8. The standard InChI is InChI=1S/C15H12BrFN4/c16-13-4-2-1-3-10(13)8-21-9-14(18)15(20-21)11-5-12(17)7-19-6-11/h1-7,9H,8,18H2. The molecule has 2 N–H and O–H groups in total. The fourth-order valence-electron chi connectivity index (χ4n) is 2.08. The molecule has 0 amide bonds. The number of hydrogen-bond acceptors (Lipinski definition) is 3. The molecule has 0 saturated heterocycles. The third-order valence-corrected chi connectivity index (χ3v) is 3.83. The molecule has 1 aromatic carbocycles. The molecule has 0 aliphatic heterocycles. The number of nitrogens with zero attached hydrogens (tertiary/aromatic N) is 3. The van der Waals surface area contributed by atoms with E-state index in [-0.39, 0.29) is 0 Å². The smallest absolute Gasteiger partial charge is 0.142 e. The lowest BCUT2D eigenvalue weighted by Gasteiger charge is -2.04. The first-order valence-corrected chi connectivity index (χ1v) is 7.10. The molecule has 2 aromatic heterocycles. The van der Waals surface area contributed by atoms with Crippen molar-refractivity contribution in [3.8, 4) is 11.3 Å². The molecule has 21 heavy (non-hydrogen) atoms. The van der Waals surface area contributed by atoms with Gasteiger partial charge in [-0.05, 0) is 17.7 Å². The Balaban J connectivity index is 1.93. The van der Waals surface area contributed by atoms with Gasteiger partial charge >= 0.3 is 0 Å². The van der Waals surface area contributed by atoms with Crippen LogP contribution in [0, 0.1) is 5.82 Å². The van der Waals surface area contributed by atoms with Gasteiger partial charge in [0.25, 0.3) is 0 Å². The number of benzene rings is 1. The van der Waals surface area contributed by atoms with Gasteiger partial charge in [0.2, 0.25) is 0 Å². The van der Waals surface area contributed by atoms with Crippen LogP contribution in [-0.4, -0.2) is 14.8 Å². The van der Waals surface area contributed by atoms with Crippen molar-refractivity contribution in [1.82, 2.24) is 14.8 Å². The first-order valence-electron chi connectivity index (χ1n) is 6.31. The molecule has 3 aromatic rings. The highest BCUT2D eigenvalue weighted by Crippen LogP contribution is 2.25. The molecular formula is C15H12BrFN4. The summed E-state index contributed by atoms with van der Waals surface area (Å²) in [4.78, 5) is 3.82. The minimum absolute atomic E-state index is 0.410. The third kappa shape index (κ3) is 2.95. The number of nitrogen functional groups attached to an aromatic ring is 1. The van der Waals surface area contributed by atoms with Crippen molar-refractivity contribution in [3.05, 3.63) is 64.8 Å². The van der Waals surface area contributed by atoms with Gasteiger partial charge in [-0.25, -0.2) is 4.39 Å². The van der Waals surface area contributed by atoms with Crippen LogP contribution in [0.1, 0.15) is 5.56 Å². The fraction of sp³-hybridized carbons (Fsp3) is 0.0667. The molecule has 6 heteroatoms. The Hall–Kier alpha value is -2.21. The lowest BCUT2D eigenvalue weighted by atomic mass is 10.2. The van der Waals surface area contributed by atoms with Gasteiger partial charge in [-0.1, -0.05) is 34.1 Å². The molecule has 0 unspecified atom stereocenters. The maximum absolute atomic E-state index is 13.2. The largest absolute Gasteiger partial charge is 0.396 e. The summed E-state index contributed by atoms with van der Waals surface area (Å²) in [7, 11) is 0. The van der Waals surface area contributed by atoms with E-state index < -0.39 is 5.82 Å². The summed E-state index contributed by atoms with van der Waals surface area (Å²) in [6.45, 7) is 0.578. The molecule has 2 heterocycles. The fourth-order valence-corrected chi connectivity index (χ4v) is 2.49. The van der Waals surface area contributed by atoms with E-state index in [0.717, 1.165) is 16.2 Å². The summed E-state index contributed by atoms with van der Waals surface area (Å²) < 4.78 is 16.0. The normalized spacial score (nSPS) is 10.8. The Morgan fingerprint density at radius 2 is 2.05 bits per heavy atom. The van der Waals surface area contributed by atoms with Gasteiger partial charge in [0.05, 0.1) is 18.4 Å². The zero-order valence-corrected chi connectivity index (χ0v) is 12.6. The molecular weight excluding hydrogens is 335 g/mol. The maximum Gasteiger partial charge on any atom is 0.142 e. The van der Waals surface area contributed by atoms with Crippen molar-refractivity contribution in [2.75, 3.05) is 5.73 Å². The highest BCUT2D eigenvalue weighted by atomic mass is 79.9. The molecule has 0 spiro atoms. The molecule has 0 fully saturated rings. The van der Waals surface area contributed by atoms with Gasteiger partial charge in [0.1, 0.15) is 11.5 Å². The molecule has 0 aliphatic carbocycles. The van der Waals surface area contributed by atoms with E-state index in [0.29, 0.717) is 23.5 Å². The number of aromatic nitrogens is 3. The van der Waals surface area contributed by atoms with Crippen LogP contribution in [0.15, 0.2) is 53.4 Å². The average Bonchev–Trinajstić information content (AvgIpc) is 2.82. The first kappa shape index (κ1) is 13.8. The Bertz CT molecular complexity index is 785. The molecule has 4 nitrogen and oxygen atoms in total. The number of nitrogens with two attached hydrogens (primary N) is 1. The number of pyridine rings is 1. The second-order valence-electron chi connectivity index (χ2n) is 4.61. The quantitative estimate of drug-likeness (QED) is 0.789. The highest BCUT2D eigenvalue weighted by Gasteiger charge is 2.10. The van der Waals surface area contributed by atoms with Crippen molar-refractivity contribution < 1.29 is 4.39 Å². The minimum Gasteiger partial charge on any atom is -0.396 e. The predicted octanol–water partition coefficient (Wildman–Crippen LogP) is 3.48. The summed E-state index contributed by atoms with van der Waals surface area (Å²) in [6.07, 6.45) is 4.43. The molecule has 0 atom stereocenters. The maximum atomic E-state index is 13.2. The minimum atomic E-state index is -0.410. The average molecular weight is 347 g/mol. The van der Waals surface area contributed by atoms with E-state index in [4.69, 9.17) is 5.73 Å². The number of rotatable bonds is 3. The Kier molecular flexibility index (Phi) is 3.70. The van der Waals surface area contributed by atoms with Gasteiger partial charge in [-0.2, -0.15) is 5.10 Å². The van der Waals surface area contributed by atoms with Gasteiger partial charge in [0, 0.05) is 22.4 Å². The van der Waals surface area contributed by atoms with E-state index in [1.165, 1.54) is 6.07 Å². The molecule has 0 aliphatic rings. The van der Waals surface area contributed by atoms with E-state index in [9.17, 15) is 4.39 Å². The van der Waals surface area contributed by atoms with Gasteiger partial charge in [-0.15, -0.1) is 0 Å². The van der Waals surface area contributed by atoms with E-state index in [1.54, 1.807) is 17.1 Å². The third-order valence-electron chi connectivity index (χ3n) is 3.06. The van der Waals surface area contributed by atoms with Crippen molar-refractivity contribution >= 4 is 21.6 Å². The van der Waals surface area contributed by atoms with Gasteiger partial charge in [0.15, 0.2) is 0 Å². The van der Waals surface area contributed by atoms with Crippen molar-refractivity contribution in [2.24, 2.45) is 0 Å². The van der Waals surface area contributed by atoms with Gasteiger partial charge in [-0.3, -0.25) is 9.67 Å². The Morgan fingerprint density at radius 1 is 1.24 bits per heavy atom. The van der Waals surface area contributed by atoms with Gasteiger partial charge < -0.3 is 5.73 Å². The number of anilines is 1. The number of halogens is 2. The Morgan fingerprint density at radius 3 is 2.81 bits per heavy atom. The topological polar surface area (TPSA) is 56.7 Å². The molecule has 106 valence electrons. The number of hydrogen-bond donors (Lipinski definition) is 1. The second kappa shape index (κ2) is 5.65. The summed E-state index contributed by atoms with van der Waals surface area (Å²) in [5, 5.41) is 4.42. The predicted molar refractivity (Wildman–Crippen MR) is 83.1 cm³/mol. The molecule has 3 rings (SSSR count). The summed E-state index contributed by atoms with van der Waals surface area (Å²) in [5.41, 5.74) is 8.66. The van der Waals surface area contributed by atoms with E-state index in [1.807, 2.05) is 24.3 Å². The lowest BCUT2D eigenvalue weighted by Crippen LogP contribution is -2.01. The summed E-state index contributed by atoms with van der Waals surface area (Å²) in [6, 6.07) is 9.26. The van der Waals surface area contributed by atoms with Crippen LogP contribution in [0.3, 0.4) is 0 Å². The second-order valence-corrected chi connectivity index (χ2v) is 5.47. The van der Waals surface area contributed by atoms with Crippen LogP contribution in [0.2, 0.25) is 0 Å². The molecule has 0 saturated carbocycles. The lowest BCUT2D eigenvalue weighted by molar-refractivity contribution is 0.621. The molecule has 0 radical (unpaired) electrons. The van der Waals surface area contributed by atoms with E-state index in [2.05, 4.69) is 26.0 Å². The van der Waals surface area contributed by atoms with Crippen LogP contribution in [-0.2, 0) is 6.54 Å². The van der Waals surface area contributed by atoms with Crippen molar-refractivity contribution in [2.45, 2.75) is 6.54 Å². The monoisotopic (exact) mass is 346 g/mol. The van der Waals surface area contributed by atoms with Crippen molar-refractivity contribution in [3.63, 3.8) is 0 Å². The summed E-state index contributed by atoms with van der Waals surface area (Å²) in [5.74, 6) is -0.410. The van der Waals surface area contributed by atoms with Crippen LogP contribution in [0.25, 0.3) is 11.3 Å².